The van der Waals surface area contributed by atoms with Crippen LogP contribution in [-0.2, 0) is 6.54 Å². The topological polar surface area (TPSA) is 110 Å². The maximum atomic E-state index is 12.4. The number of carbonyl (C=O) groups excluding carboxylic acids is 1. The zero-order chi connectivity index (χ0) is 16.2. The van der Waals surface area contributed by atoms with E-state index >= 15 is 0 Å². The molecule has 2 N–H and O–H groups in total. The van der Waals surface area contributed by atoms with Crippen molar-refractivity contribution in [1.29, 1.82) is 0 Å². The Bertz CT molecular complexity index is 926. The van der Waals surface area contributed by atoms with Crippen molar-refractivity contribution in [1.82, 2.24) is 14.5 Å². The molecule has 0 atom stereocenters. The van der Waals surface area contributed by atoms with Crippen LogP contribution in [0.4, 0.5) is 5.82 Å². The fourth-order valence-corrected chi connectivity index (χ4v) is 2.00. The highest BCUT2D eigenvalue weighted by Gasteiger charge is 2.16. The number of furan rings is 1. The van der Waals surface area contributed by atoms with E-state index in [0.717, 1.165) is 10.8 Å². The monoisotopic (exact) mass is 312 g/mol. The SMILES string of the molecule is O=C(Nc1ccccn1)c1c[nH]c(=O)n(Cc2ccco2)c1=O. The summed E-state index contributed by atoms with van der Waals surface area (Å²) >= 11 is 0. The molecule has 116 valence electrons. The predicted molar refractivity (Wildman–Crippen MR) is 81.3 cm³/mol. The molecule has 3 aromatic rings. The Morgan fingerprint density at radius 2 is 2.13 bits per heavy atom. The Labute approximate surface area is 129 Å². The van der Waals surface area contributed by atoms with Crippen molar-refractivity contribution in [2.75, 3.05) is 5.32 Å². The highest BCUT2D eigenvalue weighted by Crippen LogP contribution is 2.03. The summed E-state index contributed by atoms with van der Waals surface area (Å²) in [6.45, 7) is -0.0636. The lowest BCUT2D eigenvalue weighted by Crippen LogP contribution is -2.39. The molecule has 0 aromatic carbocycles. The zero-order valence-corrected chi connectivity index (χ0v) is 11.9. The molecular weight excluding hydrogens is 300 g/mol. The van der Waals surface area contributed by atoms with Gasteiger partial charge in [-0.3, -0.25) is 14.2 Å². The Balaban J connectivity index is 1.93. The normalized spacial score (nSPS) is 10.4. The van der Waals surface area contributed by atoms with Crippen molar-refractivity contribution in [3.05, 3.63) is 81.2 Å². The first-order valence-electron chi connectivity index (χ1n) is 6.72. The summed E-state index contributed by atoms with van der Waals surface area (Å²) in [5, 5.41) is 2.50. The number of pyridine rings is 1. The quantitative estimate of drug-likeness (QED) is 0.741. The molecule has 8 nitrogen and oxygen atoms in total. The van der Waals surface area contributed by atoms with E-state index in [1.54, 1.807) is 30.3 Å². The summed E-state index contributed by atoms with van der Waals surface area (Å²) < 4.78 is 6.02. The molecule has 8 heteroatoms. The number of carbonyl (C=O) groups is 1. The van der Waals surface area contributed by atoms with Gasteiger partial charge < -0.3 is 14.7 Å². The van der Waals surface area contributed by atoms with Crippen molar-refractivity contribution in [3.8, 4) is 0 Å². The van der Waals surface area contributed by atoms with Crippen LogP contribution in [-0.4, -0.2) is 20.4 Å². The molecule has 0 saturated heterocycles. The van der Waals surface area contributed by atoms with Gasteiger partial charge in [0.25, 0.3) is 11.5 Å². The van der Waals surface area contributed by atoms with Crippen LogP contribution in [0.1, 0.15) is 16.1 Å². The maximum Gasteiger partial charge on any atom is 0.328 e. The number of H-pyrrole nitrogens is 1. The van der Waals surface area contributed by atoms with Crippen molar-refractivity contribution in [2.24, 2.45) is 0 Å². The largest absolute Gasteiger partial charge is 0.467 e. The molecule has 0 spiro atoms. The van der Waals surface area contributed by atoms with Gasteiger partial charge in [0, 0.05) is 12.4 Å². The van der Waals surface area contributed by atoms with Crippen molar-refractivity contribution < 1.29 is 9.21 Å². The molecule has 0 fully saturated rings. The Morgan fingerprint density at radius 1 is 1.26 bits per heavy atom. The second kappa shape index (κ2) is 6.14. The third-order valence-electron chi connectivity index (χ3n) is 3.11. The van der Waals surface area contributed by atoms with Crippen LogP contribution in [0.2, 0.25) is 0 Å². The van der Waals surface area contributed by atoms with Crippen LogP contribution in [0.5, 0.6) is 0 Å². The highest BCUT2D eigenvalue weighted by atomic mass is 16.3. The summed E-state index contributed by atoms with van der Waals surface area (Å²) in [4.78, 5) is 42.7. The fourth-order valence-electron chi connectivity index (χ4n) is 2.00. The number of anilines is 1. The van der Waals surface area contributed by atoms with Crippen molar-refractivity contribution in [2.45, 2.75) is 6.54 Å². The van der Waals surface area contributed by atoms with Crippen LogP contribution >= 0.6 is 0 Å². The van der Waals surface area contributed by atoms with E-state index < -0.39 is 17.2 Å². The molecule has 0 aliphatic heterocycles. The molecule has 0 aliphatic rings. The lowest BCUT2D eigenvalue weighted by molar-refractivity contribution is 0.102. The molecule has 0 radical (unpaired) electrons. The van der Waals surface area contributed by atoms with E-state index in [1.807, 2.05) is 0 Å². The molecule has 3 heterocycles. The van der Waals surface area contributed by atoms with Crippen molar-refractivity contribution >= 4 is 11.7 Å². The second-order valence-corrected chi connectivity index (χ2v) is 4.65. The Hall–Kier alpha value is -3.42. The van der Waals surface area contributed by atoms with E-state index in [0.29, 0.717) is 11.6 Å². The van der Waals surface area contributed by atoms with Gasteiger partial charge in [-0.05, 0) is 24.3 Å². The van der Waals surface area contributed by atoms with Gasteiger partial charge in [0.2, 0.25) is 0 Å². The number of hydrogen-bond donors (Lipinski definition) is 2. The predicted octanol–water partition coefficient (Wildman–Crippen LogP) is 0.825. The summed E-state index contributed by atoms with van der Waals surface area (Å²) in [7, 11) is 0. The molecule has 0 aliphatic carbocycles. The standard InChI is InChI=1S/C15H12N4O4/c20-13(18-12-5-1-2-6-16-12)11-8-17-15(22)19(14(11)21)9-10-4-3-7-23-10/h1-8H,9H2,(H,17,22)(H,16,18,20). The minimum Gasteiger partial charge on any atom is -0.467 e. The van der Waals surface area contributed by atoms with Crippen LogP contribution < -0.4 is 16.6 Å². The molecule has 3 rings (SSSR count). The van der Waals surface area contributed by atoms with E-state index in [-0.39, 0.29) is 12.1 Å². The summed E-state index contributed by atoms with van der Waals surface area (Å²) in [6.07, 6.45) is 4.03. The third-order valence-corrected chi connectivity index (χ3v) is 3.11. The van der Waals surface area contributed by atoms with Crippen molar-refractivity contribution in [3.63, 3.8) is 0 Å². The van der Waals surface area contributed by atoms with Gasteiger partial charge in [0.05, 0.1) is 12.8 Å². The molecule has 0 saturated carbocycles. The number of amides is 1. The fraction of sp³-hybridized carbons (Fsp3) is 0.0667. The number of rotatable bonds is 4. The van der Waals surface area contributed by atoms with Crippen LogP contribution in [0, 0.1) is 0 Å². The summed E-state index contributed by atoms with van der Waals surface area (Å²) in [5.41, 5.74) is -1.53. The Morgan fingerprint density at radius 3 is 2.83 bits per heavy atom. The van der Waals surface area contributed by atoms with Crippen LogP contribution in [0.25, 0.3) is 0 Å². The third kappa shape index (κ3) is 3.10. The number of aromatic amines is 1. The first-order chi connectivity index (χ1) is 11.1. The number of hydrogen-bond acceptors (Lipinski definition) is 5. The maximum absolute atomic E-state index is 12.4. The number of aromatic nitrogens is 3. The molecule has 0 bridgehead atoms. The van der Waals surface area contributed by atoms with Gasteiger partial charge in [0.1, 0.15) is 17.1 Å². The van der Waals surface area contributed by atoms with E-state index in [2.05, 4.69) is 15.3 Å². The number of nitrogens with zero attached hydrogens (tertiary/aromatic N) is 2. The first kappa shape index (κ1) is 14.5. The Kier molecular flexibility index (Phi) is 3.88. The van der Waals surface area contributed by atoms with Gasteiger partial charge >= 0.3 is 5.69 Å². The average molecular weight is 312 g/mol. The van der Waals surface area contributed by atoms with E-state index in [1.165, 1.54) is 12.5 Å². The van der Waals surface area contributed by atoms with Crippen LogP contribution in [0.3, 0.4) is 0 Å². The second-order valence-electron chi connectivity index (χ2n) is 4.65. The van der Waals surface area contributed by atoms with Crippen LogP contribution in [0.15, 0.2) is 63.0 Å². The van der Waals surface area contributed by atoms with E-state index in [9.17, 15) is 14.4 Å². The smallest absolute Gasteiger partial charge is 0.328 e. The minimum absolute atomic E-state index is 0.0636. The lowest BCUT2D eigenvalue weighted by Gasteiger charge is -2.06. The number of nitrogens with one attached hydrogen (secondary N) is 2. The molecule has 23 heavy (non-hydrogen) atoms. The van der Waals surface area contributed by atoms with E-state index in [4.69, 9.17) is 4.42 Å². The zero-order valence-electron chi connectivity index (χ0n) is 11.9. The molecule has 3 aromatic heterocycles. The van der Waals surface area contributed by atoms with Gasteiger partial charge in [-0.2, -0.15) is 0 Å². The van der Waals surface area contributed by atoms with Gasteiger partial charge in [-0.15, -0.1) is 0 Å². The molecule has 0 unspecified atom stereocenters. The van der Waals surface area contributed by atoms with Gasteiger partial charge in [0.15, 0.2) is 0 Å². The van der Waals surface area contributed by atoms with Gasteiger partial charge in [-0.25, -0.2) is 9.78 Å². The first-order valence-corrected chi connectivity index (χ1v) is 6.72. The summed E-state index contributed by atoms with van der Waals surface area (Å²) in [6, 6.07) is 8.26. The highest BCUT2D eigenvalue weighted by molar-refractivity contribution is 6.03. The lowest BCUT2D eigenvalue weighted by atomic mass is 10.3. The minimum atomic E-state index is -0.710. The summed E-state index contributed by atoms with van der Waals surface area (Å²) in [5.74, 6) is 0.0821. The molecule has 1 amide bonds. The molecular formula is C15H12N4O4. The average Bonchev–Trinajstić information content (AvgIpc) is 3.05. The van der Waals surface area contributed by atoms with Gasteiger partial charge in [-0.1, -0.05) is 6.07 Å².